The van der Waals surface area contributed by atoms with Crippen molar-refractivity contribution in [2.24, 2.45) is 0 Å². The molecule has 3 nitrogen and oxygen atoms in total. The number of hydrogen-bond donors (Lipinski definition) is 0. The number of aryl methyl sites for hydroxylation is 1. The predicted octanol–water partition coefficient (Wildman–Crippen LogP) is 4.02. The topological polar surface area (TPSA) is 37.4 Å². The van der Waals surface area contributed by atoms with E-state index in [1.807, 2.05) is 12.1 Å². The van der Waals surface area contributed by atoms with Gasteiger partial charge in [0.1, 0.15) is 0 Å². The third-order valence-electron chi connectivity index (χ3n) is 4.50. The molecule has 1 unspecified atom stereocenters. The highest BCUT2D eigenvalue weighted by atomic mass is 32.2. The fourth-order valence-corrected chi connectivity index (χ4v) is 3.81. The Morgan fingerprint density at radius 1 is 1.12 bits per heavy atom. The number of sulfone groups is 1. The van der Waals surface area contributed by atoms with Crippen LogP contribution in [0, 0.1) is 0 Å². The van der Waals surface area contributed by atoms with Crippen LogP contribution >= 0.6 is 0 Å². The second-order valence-corrected chi connectivity index (χ2v) is 8.01. The Bertz CT molecular complexity index is 819. The second-order valence-electron chi connectivity index (χ2n) is 6.09. The number of rotatable bonds is 4. The third-order valence-corrected chi connectivity index (χ3v) is 5.90. The molecule has 24 heavy (non-hydrogen) atoms. The van der Waals surface area contributed by atoms with Crippen molar-refractivity contribution in [1.82, 2.24) is 0 Å². The summed E-state index contributed by atoms with van der Waals surface area (Å²) >= 11 is 0. The zero-order valence-electron chi connectivity index (χ0n) is 13.3. The van der Waals surface area contributed by atoms with Gasteiger partial charge in [0.25, 0.3) is 0 Å². The number of nitrogens with zero attached hydrogens (tertiary/aromatic N) is 1. The molecule has 0 aliphatic carbocycles. The minimum atomic E-state index is -4.53. The van der Waals surface area contributed by atoms with Crippen LogP contribution < -0.4 is 4.90 Å². The molecular formula is C18H19F2NO2S. The molecule has 2 aromatic rings. The summed E-state index contributed by atoms with van der Waals surface area (Å²) < 4.78 is 48.2. The Morgan fingerprint density at radius 2 is 1.79 bits per heavy atom. The summed E-state index contributed by atoms with van der Waals surface area (Å²) in [6.45, 7) is 2.78. The molecule has 0 saturated heterocycles. The van der Waals surface area contributed by atoms with Crippen molar-refractivity contribution in [2.45, 2.75) is 43.0 Å². The monoisotopic (exact) mass is 351 g/mol. The predicted molar refractivity (Wildman–Crippen MR) is 90.0 cm³/mol. The lowest BCUT2D eigenvalue weighted by molar-refractivity contribution is 0.234. The van der Waals surface area contributed by atoms with Crippen LogP contribution in [0.1, 0.15) is 24.5 Å². The van der Waals surface area contributed by atoms with E-state index in [9.17, 15) is 17.2 Å². The maximum Gasteiger partial charge on any atom is 0.341 e. The summed E-state index contributed by atoms with van der Waals surface area (Å²) in [7, 11) is -4.53. The number of para-hydroxylation sites is 1. The van der Waals surface area contributed by atoms with E-state index in [1.165, 1.54) is 23.4 Å². The zero-order valence-corrected chi connectivity index (χ0v) is 14.1. The number of benzene rings is 2. The van der Waals surface area contributed by atoms with Gasteiger partial charge >= 0.3 is 5.76 Å². The van der Waals surface area contributed by atoms with Gasteiger partial charge in [-0.2, -0.15) is 8.78 Å². The molecule has 0 fully saturated rings. The van der Waals surface area contributed by atoms with E-state index in [0.29, 0.717) is 12.6 Å². The van der Waals surface area contributed by atoms with Gasteiger partial charge in [0, 0.05) is 18.3 Å². The fourth-order valence-electron chi connectivity index (χ4n) is 3.09. The summed E-state index contributed by atoms with van der Waals surface area (Å²) in [4.78, 5) is 1.93. The molecule has 3 rings (SSSR count). The van der Waals surface area contributed by atoms with Crippen LogP contribution in [0.25, 0.3) is 0 Å². The van der Waals surface area contributed by atoms with Crippen LogP contribution in [0.3, 0.4) is 0 Å². The van der Waals surface area contributed by atoms with Gasteiger partial charge in [0.15, 0.2) is 0 Å². The molecule has 0 aromatic heterocycles. The van der Waals surface area contributed by atoms with Crippen molar-refractivity contribution in [1.29, 1.82) is 0 Å². The lowest BCUT2D eigenvalue weighted by Gasteiger charge is -2.37. The van der Waals surface area contributed by atoms with E-state index in [-0.39, 0.29) is 4.90 Å². The first-order valence-electron chi connectivity index (χ1n) is 7.85. The lowest BCUT2D eigenvalue weighted by atomic mass is 9.96. The number of anilines is 1. The molecule has 6 heteroatoms. The van der Waals surface area contributed by atoms with Crippen LogP contribution in [0.2, 0.25) is 0 Å². The molecule has 0 N–H and O–H groups in total. The van der Waals surface area contributed by atoms with E-state index >= 15 is 0 Å². The second kappa shape index (κ2) is 6.51. The van der Waals surface area contributed by atoms with Crippen LogP contribution in [-0.2, 0) is 22.8 Å². The third kappa shape index (κ3) is 3.15. The molecule has 0 spiro atoms. The van der Waals surface area contributed by atoms with Crippen molar-refractivity contribution in [3.05, 3.63) is 59.7 Å². The quantitative estimate of drug-likeness (QED) is 0.835. The highest BCUT2D eigenvalue weighted by molar-refractivity contribution is 7.91. The van der Waals surface area contributed by atoms with Gasteiger partial charge in [0.2, 0.25) is 9.84 Å². The average Bonchev–Trinajstić information content (AvgIpc) is 2.58. The molecule has 128 valence electrons. The van der Waals surface area contributed by atoms with Gasteiger partial charge in [-0.15, -0.1) is 0 Å². The van der Waals surface area contributed by atoms with Gasteiger partial charge in [0.05, 0.1) is 4.90 Å². The van der Waals surface area contributed by atoms with Gasteiger partial charge < -0.3 is 4.90 Å². The van der Waals surface area contributed by atoms with Crippen molar-refractivity contribution < 1.29 is 17.2 Å². The molecule has 1 atom stereocenters. The Balaban J connectivity index is 1.85. The van der Waals surface area contributed by atoms with Gasteiger partial charge in [-0.3, -0.25) is 0 Å². The Morgan fingerprint density at radius 3 is 2.46 bits per heavy atom. The highest BCUT2D eigenvalue weighted by Gasteiger charge is 2.27. The molecular weight excluding hydrogens is 332 g/mol. The maximum atomic E-state index is 12.6. The summed E-state index contributed by atoms with van der Waals surface area (Å²) in [6, 6.07) is 14.3. The van der Waals surface area contributed by atoms with Crippen LogP contribution in [0.4, 0.5) is 14.5 Å². The van der Waals surface area contributed by atoms with Crippen LogP contribution in [0.5, 0.6) is 0 Å². The molecule has 0 amide bonds. The molecule has 2 aromatic carbocycles. The minimum Gasteiger partial charge on any atom is -0.364 e. The highest BCUT2D eigenvalue weighted by Crippen LogP contribution is 2.32. The van der Waals surface area contributed by atoms with Gasteiger partial charge in [-0.05, 0) is 49.1 Å². The first kappa shape index (κ1) is 16.9. The fraction of sp³-hybridized carbons (Fsp3) is 0.333. The summed E-state index contributed by atoms with van der Waals surface area (Å²) in [5.41, 5.74) is 3.37. The SMILES string of the molecule is CC1CCc2ccccc2N1Cc1ccc(S(=O)(=O)C(F)F)cc1. The van der Waals surface area contributed by atoms with Crippen molar-refractivity contribution >= 4 is 15.5 Å². The minimum absolute atomic E-state index is 0.339. The normalized spacial score (nSPS) is 17.8. The van der Waals surface area contributed by atoms with Crippen molar-refractivity contribution in [3.63, 3.8) is 0 Å². The average molecular weight is 351 g/mol. The number of hydrogen-bond acceptors (Lipinski definition) is 3. The maximum absolute atomic E-state index is 12.6. The smallest absolute Gasteiger partial charge is 0.341 e. The van der Waals surface area contributed by atoms with E-state index in [0.717, 1.165) is 18.4 Å². The standard InChI is InChI=1S/C18H19F2NO2S/c1-13-6-9-15-4-2-3-5-17(15)21(13)12-14-7-10-16(11-8-14)24(22,23)18(19)20/h2-5,7-8,10-11,13,18H,6,9,12H2,1H3. The number of fused-ring (bicyclic) bond motifs is 1. The molecule has 0 bridgehead atoms. The Labute approximate surface area is 140 Å². The van der Waals surface area contributed by atoms with Crippen LogP contribution in [-0.4, -0.2) is 20.2 Å². The van der Waals surface area contributed by atoms with E-state index < -0.39 is 15.6 Å². The van der Waals surface area contributed by atoms with E-state index in [1.54, 1.807) is 12.1 Å². The summed E-state index contributed by atoms with van der Waals surface area (Å²) in [5, 5.41) is 0. The first-order valence-corrected chi connectivity index (χ1v) is 9.40. The summed E-state index contributed by atoms with van der Waals surface area (Å²) in [6.07, 6.45) is 2.09. The molecule has 1 heterocycles. The first-order chi connectivity index (χ1) is 11.4. The molecule has 0 radical (unpaired) electrons. The Kier molecular flexibility index (Phi) is 4.58. The van der Waals surface area contributed by atoms with Gasteiger partial charge in [-0.25, -0.2) is 8.42 Å². The molecule has 0 saturated carbocycles. The van der Waals surface area contributed by atoms with Crippen LogP contribution in [0.15, 0.2) is 53.4 Å². The molecule has 1 aliphatic heterocycles. The number of halogens is 2. The Hall–Kier alpha value is -1.95. The lowest BCUT2D eigenvalue weighted by Crippen LogP contribution is -2.36. The van der Waals surface area contributed by atoms with E-state index in [2.05, 4.69) is 24.0 Å². The van der Waals surface area contributed by atoms with Gasteiger partial charge in [-0.1, -0.05) is 30.3 Å². The van der Waals surface area contributed by atoms with Crippen molar-refractivity contribution in [3.8, 4) is 0 Å². The summed E-state index contributed by atoms with van der Waals surface area (Å²) in [5.74, 6) is -3.39. The number of alkyl halides is 2. The zero-order chi connectivity index (χ0) is 17.3. The largest absolute Gasteiger partial charge is 0.364 e. The van der Waals surface area contributed by atoms with Crippen molar-refractivity contribution in [2.75, 3.05) is 4.90 Å². The van der Waals surface area contributed by atoms with E-state index in [4.69, 9.17) is 0 Å². The molecule has 1 aliphatic rings.